The van der Waals surface area contributed by atoms with Crippen molar-refractivity contribution in [3.05, 3.63) is 17.6 Å². The number of anilines is 1. The van der Waals surface area contributed by atoms with Crippen LogP contribution in [-0.2, 0) is 22.5 Å². The van der Waals surface area contributed by atoms with Crippen LogP contribution in [0.15, 0.2) is 6.33 Å². The minimum atomic E-state index is 0.0683. The molecule has 3 aliphatic heterocycles. The van der Waals surface area contributed by atoms with E-state index in [1.807, 2.05) is 4.90 Å². The van der Waals surface area contributed by atoms with Gasteiger partial charge in [-0.3, -0.25) is 4.79 Å². The number of ether oxygens (including phenoxy) is 1. The number of amides is 1. The Hall–Kier alpha value is -1.73. The van der Waals surface area contributed by atoms with Gasteiger partial charge in [0.05, 0.1) is 24.8 Å². The van der Waals surface area contributed by atoms with Gasteiger partial charge in [0, 0.05) is 51.3 Å². The van der Waals surface area contributed by atoms with Gasteiger partial charge in [0.1, 0.15) is 12.1 Å². The lowest BCUT2D eigenvalue weighted by Crippen LogP contribution is -2.49. The van der Waals surface area contributed by atoms with E-state index in [2.05, 4.69) is 26.8 Å². The first-order valence-electron chi connectivity index (χ1n) is 9.35. The van der Waals surface area contributed by atoms with Gasteiger partial charge in [0.2, 0.25) is 5.91 Å². The molecule has 0 aromatic carbocycles. The number of fused-ring (bicyclic) bond motifs is 1. The van der Waals surface area contributed by atoms with Crippen LogP contribution in [0.25, 0.3) is 0 Å². The molecule has 4 heterocycles. The largest absolute Gasteiger partial charge is 0.378 e. The highest BCUT2D eigenvalue weighted by Gasteiger charge is 2.32. The summed E-state index contributed by atoms with van der Waals surface area (Å²) in [6.45, 7) is 6.45. The highest BCUT2D eigenvalue weighted by molar-refractivity contribution is 5.80. The number of morpholine rings is 1. The van der Waals surface area contributed by atoms with Crippen molar-refractivity contribution in [3.63, 3.8) is 0 Å². The fourth-order valence-corrected chi connectivity index (χ4v) is 4.15. The third kappa shape index (κ3) is 3.48. The normalized spacial score (nSPS) is 24.9. The van der Waals surface area contributed by atoms with Crippen molar-refractivity contribution in [1.29, 1.82) is 0 Å². The number of nitrogens with zero attached hydrogens (tertiary/aromatic N) is 5. The molecule has 2 saturated heterocycles. The summed E-state index contributed by atoms with van der Waals surface area (Å²) in [4.78, 5) is 28.6. The number of carbonyl (C=O) groups excluding carboxylic acids is 1. The first-order chi connectivity index (χ1) is 12.2. The van der Waals surface area contributed by atoms with Gasteiger partial charge in [-0.05, 0) is 19.9 Å². The summed E-state index contributed by atoms with van der Waals surface area (Å²) in [7, 11) is 2.14. The number of hydrogen-bond donors (Lipinski definition) is 0. The minimum absolute atomic E-state index is 0.0683. The van der Waals surface area contributed by atoms with Crippen LogP contribution in [0.2, 0.25) is 0 Å². The zero-order chi connectivity index (χ0) is 17.2. The van der Waals surface area contributed by atoms with E-state index in [4.69, 9.17) is 4.74 Å². The molecule has 0 N–H and O–H groups in total. The summed E-state index contributed by atoms with van der Waals surface area (Å²) < 4.78 is 5.37. The summed E-state index contributed by atoms with van der Waals surface area (Å²) in [5.41, 5.74) is 2.42. The van der Waals surface area contributed by atoms with Crippen molar-refractivity contribution in [2.24, 2.45) is 5.92 Å². The molecule has 0 saturated carbocycles. The number of likely N-dealkylation sites (N-methyl/N-ethyl adjacent to an activating group) is 1. The Morgan fingerprint density at radius 1 is 1.20 bits per heavy atom. The second-order valence-corrected chi connectivity index (χ2v) is 7.33. The number of carbonyl (C=O) groups is 1. The number of hydrogen-bond acceptors (Lipinski definition) is 6. The summed E-state index contributed by atoms with van der Waals surface area (Å²) in [5.74, 6) is 1.39. The molecule has 0 bridgehead atoms. The molecule has 25 heavy (non-hydrogen) atoms. The number of aromatic nitrogens is 2. The van der Waals surface area contributed by atoms with E-state index < -0.39 is 0 Å². The number of rotatable bonds is 2. The van der Waals surface area contributed by atoms with Gasteiger partial charge >= 0.3 is 0 Å². The van der Waals surface area contributed by atoms with Crippen molar-refractivity contribution < 1.29 is 9.53 Å². The predicted octanol–water partition coefficient (Wildman–Crippen LogP) is 0.540. The van der Waals surface area contributed by atoms with E-state index in [1.54, 1.807) is 6.33 Å². The van der Waals surface area contributed by atoms with E-state index >= 15 is 0 Å². The standard InChI is InChI=1S/C18H27N5O2/c1-21-6-4-16-15(12-21)17(20-13-19-16)23-5-2-3-14(11-23)18(24)22-7-9-25-10-8-22/h13-14H,2-12H2,1H3/t14-/m1/s1. The summed E-state index contributed by atoms with van der Waals surface area (Å²) in [6.07, 6.45) is 4.67. The van der Waals surface area contributed by atoms with E-state index in [-0.39, 0.29) is 11.8 Å². The maximum atomic E-state index is 12.9. The van der Waals surface area contributed by atoms with Gasteiger partial charge in [-0.1, -0.05) is 0 Å². The van der Waals surface area contributed by atoms with Crippen molar-refractivity contribution in [2.75, 3.05) is 57.9 Å². The smallest absolute Gasteiger partial charge is 0.227 e. The Morgan fingerprint density at radius 2 is 2.04 bits per heavy atom. The molecule has 1 amide bonds. The van der Waals surface area contributed by atoms with E-state index in [0.717, 1.165) is 64.3 Å². The SMILES string of the molecule is CN1CCc2ncnc(N3CCC[C@@H](C(=O)N4CCOCC4)C3)c2C1. The molecule has 7 nitrogen and oxygen atoms in total. The van der Waals surface area contributed by atoms with Crippen molar-refractivity contribution in [1.82, 2.24) is 19.8 Å². The molecule has 7 heteroatoms. The Kier molecular flexibility index (Phi) is 4.85. The molecule has 2 fully saturated rings. The minimum Gasteiger partial charge on any atom is -0.378 e. The predicted molar refractivity (Wildman–Crippen MR) is 94.4 cm³/mol. The zero-order valence-corrected chi connectivity index (χ0v) is 15.0. The van der Waals surface area contributed by atoms with Crippen LogP contribution < -0.4 is 4.90 Å². The maximum Gasteiger partial charge on any atom is 0.227 e. The maximum absolute atomic E-state index is 12.9. The second kappa shape index (κ2) is 7.25. The Morgan fingerprint density at radius 3 is 2.88 bits per heavy atom. The molecule has 1 aromatic heterocycles. The van der Waals surface area contributed by atoms with Crippen LogP contribution in [0.1, 0.15) is 24.1 Å². The lowest BCUT2D eigenvalue weighted by Gasteiger charge is -2.38. The summed E-state index contributed by atoms with van der Waals surface area (Å²) in [6, 6.07) is 0. The quantitative estimate of drug-likeness (QED) is 0.780. The van der Waals surface area contributed by atoms with Crippen molar-refractivity contribution in [2.45, 2.75) is 25.8 Å². The third-order valence-electron chi connectivity index (χ3n) is 5.56. The average Bonchev–Trinajstić information content (AvgIpc) is 2.67. The molecular weight excluding hydrogens is 318 g/mol. The van der Waals surface area contributed by atoms with Crippen LogP contribution in [0.5, 0.6) is 0 Å². The Bertz CT molecular complexity index is 632. The van der Waals surface area contributed by atoms with Gasteiger partial charge in [0.25, 0.3) is 0 Å². The van der Waals surface area contributed by atoms with Gasteiger partial charge in [-0.25, -0.2) is 9.97 Å². The molecule has 0 spiro atoms. The molecule has 3 aliphatic rings. The van der Waals surface area contributed by atoms with Gasteiger partial charge in [-0.15, -0.1) is 0 Å². The highest BCUT2D eigenvalue weighted by atomic mass is 16.5. The lowest BCUT2D eigenvalue weighted by molar-refractivity contribution is -0.139. The molecule has 1 atom stereocenters. The fourth-order valence-electron chi connectivity index (χ4n) is 4.15. The van der Waals surface area contributed by atoms with E-state index in [9.17, 15) is 4.79 Å². The molecule has 0 unspecified atom stereocenters. The van der Waals surface area contributed by atoms with Crippen molar-refractivity contribution >= 4 is 11.7 Å². The second-order valence-electron chi connectivity index (χ2n) is 7.33. The Labute approximate surface area is 149 Å². The van der Waals surface area contributed by atoms with Crippen LogP contribution in [0.4, 0.5) is 5.82 Å². The molecule has 136 valence electrons. The molecule has 1 aromatic rings. The first kappa shape index (κ1) is 16.7. The zero-order valence-electron chi connectivity index (χ0n) is 15.0. The van der Waals surface area contributed by atoms with Gasteiger partial charge in [0.15, 0.2) is 0 Å². The van der Waals surface area contributed by atoms with E-state index in [0.29, 0.717) is 13.2 Å². The van der Waals surface area contributed by atoms with Crippen LogP contribution in [0.3, 0.4) is 0 Å². The summed E-state index contributed by atoms with van der Waals surface area (Å²) >= 11 is 0. The van der Waals surface area contributed by atoms with E-state index in [1.165, 1.54) is 11.3 Å². The van der Waals surface area contributed by atoms with Crippen molar-refractivity contribution in [3.8, 4) is 0 Å². The molecule has 0 aliphatic carbocycles. The lowest BCUT2D eigenvalue weighted by atomic mass is 9.95. The van der Waals surface area contributed by atoms with Gasteiger partial charge in [-0.2, -0.15) is 0 Å². The third-order valence-corrected chi connectivity index (χ3v) is 5.56. The van der Waals surface area contributed by atoms with Crippen LogP contribution in [0, 0.1) is 5.92 Å². The first-order valence-corrected chi connectivity index (χ1v) is 9.35. The van der Waals surface area contributed by atoms with Crippen LogP contribution in [-0.4, -0.2) is 78.7 Å². The monoisotopic (exact) mass is 345 g/mol. The topological polar surface area (TPSA) is 61.8 Å². The highest BCUT2D eigenvalue weighted by Crippen LogP contribution is 2.29. The Balaban J connectivity index is 1.51. The molecule has 0 radical (unpaired) electrons. The van der Waals surface area contributed by atoms with Crippen LogP contribution >= 0.6 is 0 Å². The fraction of sp³-hybridized carbons (Fsp3) is 0.722. The molecular formula is C18H27N5O2. The summed E-state index contributed by atoms with van der Waals surface area (Å²) in [5, 5.41) is 0. The number of piperidine rings is 1. The van der Waals surface area contributed by atoms with Gasteiger partial charge < -0.3 is 19.4 Å². The average molecular weight is 345 g/mol. The molecule has 4 rings (SSSR count).